The topological polar surface area (TPSA) is 69.8 Å². The van der Waals surface area contributed by atoms with Gasteiger partial charge in [0.2, 0.25) is 5.91 Å². The van der Waals surface area contributed by atoms with Crippen LogP contribution in [0.1, 0.15) is 18.1 Å². The summed E-state index contributed by atoms with van der Waals surface area (Å²) >= 11 is 0. The molecule has 2 heterocycles. The van der Waals surface area contributed by atoms with Gasteiger partial charge in [0, 0.05) is 17.7 Å². The number of nitrogens with zero attached hydrogens (tertiary/aromatic N) is 1. The highest BCUT2D eigenvalue weighted by Gasteiger charge is 2.26. The van der Waals surface area contributed by atoms with E-state index in [0.717, 1.165) is 24.1 Å². The molecule has 19 heavy (non-hydrogen) atoms. The Bertz CT molecular complexity index is 580. The van der Waals surface area contributed by atoms with Crippen molar-refractivity contribution in [3.8, 4) is 0 Å². The summed E-state index contributed by atoms with van der Waals surface area (Å²) in [5, 5.41) is 12.9. The van der Waals surface area contributed by atoms with Crippen molar-refractivity contribution in [1.29, 1.82) is 0 Å². The number of anilines is 2. The zero-order valence-corrected chi connectivity index (χ0v) is 10.7. The van der Waals surface area contributed by atoms with Gasteiger partial charge in [-0.15, -0.1) is 0 Å². The van der Waals surface area contributed by atoms with Crippen LogP contribution >= 0.6 is 0 Å². The number of hydrogen-bond acceptors (Lipinski definition) is 3. The minimum atomic E-state index is -0.217. The average Bonchev–Trinajstić information content (AvgIpc) is 3.03. The number of para-hydroxylation sites is 1. The molecule has 1 aromatic heterocycles. The zero-order chi connectivity index (χ0) is 13.2. The molecule has 1 unspecified atom stereocenters. The fourth-order valence-electron chi connectivity index (χ4n) is 2.35. The van der Waals surface area contributed by atoms with Crippen LogP contribution in [-0.2, 0) is 17.6 Å². The van der Waals surface area contributed by atoms with Crippen molar-refractivity contribution < 1.29 is 4.79 Å². The molecule has 0 saturated heterocycles. The molecule has 0 fully saturated rings. The maximum atomic E-state index is 12.2. The van der Waals surface area contributed by atoms with Crippen molar-refractivity contribution in [2.24, 2.45) is 0 Å². The monoisotopic (exact) mass is 256 g/mol. The molecule has 1 amide bonds. The number of fused-ring (bicyclic) bond motifs is 1. The Morgan fingerprint density at radius 1 is 1.47 bits per heavy atom. The van der Waals surface area contributed by atoms with Crippen LogP contribution < -0.4 is 10.6 Å². The third kappa shape index (κ3) is 2.19. The molecule has 1 aliphatic rings. The van der Waals surface area contributed by atoms with Crippen molar-refractivity contribution in [3.05, 3.63) is 41.6 Å². The maximum Gasteiger partial charge on any atom is 0.248 e. The smallest absolute Gasteiger partial charge is 0.248 e. The summed E-state index contributed by atoms with van der Waals surface area (Å²) in [6.45, 7) is 2.03. The van der Waals surface area contributed by atoms with Gasteiger partial charge in [0.25, 0.3) is 0 Å². The van der Waals surface area contributed by atoms with Crippen LogP contribution in [0.15, 0.2) is 30.5 Å². The lowest BCUT2D eigenvalue weighted by atomic mass is 10.1. The van der Waals surface area contributed by atoms with Crippen LogP contribution in [0.5, 0.6) is 0 Å². The third-order valence-corrected chi connectivity index (χ3v) is 3.43. The molecule has 5 nitrogen and oxygen atoms in total. The molecule has 3 rings (SSSR count). The molecule has 2 aromatic rings. The van der Waals surface area contributed by atoms with Crippen LogP contribution in [0.3, 0.4) is 0 Å². The van der Waals surface area contributed by atoms with E-state index in [9.17, 15) is 4.79 Å². The summed E-state index contributed by atoms with van der Waals surface area (Å²) in [6.07, 6.45) is 3.30. The van der Waals surface area contributed by atoms with Crippen LogP contribution in [-0.4, -0.2) is 22.1 Å². The lowest BCUT2D eigenvalue weighted by molar-refractivity contribution is -0.116. The molecule has 1 aliphatic heterocycles. The Labute approximate surface area is 111 Å². The van der Waals surface area contributed by atoms with Gasteiger partial charge in [-0.05, 0) is 18.1 Å². The number of nitrogens with one attached hydrogen (secondary N) is 3. The van der Waals surface area contributed by atoms with E-state index in [2.05, 4.69) is 20.8 Å². The largest absolute Gasteiger partial charge is 0.373 e. The summed E-state index contributed by atoms with van der Waals surface area (Å²) in [6, 6.07) is 7.78. The first-order valence-electron chi connectivity index (χ1n) is 6.45. The van der Waals surface area contributed by atoms with Crippen molar-refractivity contribution in [3.63, 3.8) is 0 Å². The lowest BCUT2D eigenvalue weighted by Crippen LogP contribution is -2.33. The van der Waals surface area contributed by atoms with Gasteiger partial charge in [-0.3, -0.25) is 9.89 Å². The fourth-order valence-corrected chi connectivity index (χ4v) is 2.35. The van der Waals surface area contributed by atoms with Crippen LogP contribution in [0, 0.1) is 0 Å². The van der Waals surface area contributed by atoms with Gasteiger partial charge in [0.05, 0.1) is 6.20 Å². The first kappa shape index (κ1) is 11.8. The number of amides is 1. The number of benzene rings is 1. The Balaban J connectivity index is 1.70. The molecule has 5 heteroatoms. The highest BCUT2D eigenvalue weighted by Crippen LogP contribution is 2.25. The molecule has 1 atom stereocenters. The SMILES string of the molecule is CCc1cn[nH]c1NC(=O)C1Cc2ccccc2N1. The second-order valence-corrected chi connectivity index (χ2v) is 4.67. The minimum absolute atomic E-state index is 0.0323. The molecule has 1 aromatic carbocycles. The van der Waals surface area contributed by atoms with Crippen molar-refractivity contribution in [2.45, 2.75) is 25.8 Å². The molecule has 0 radical (unpaired) electrons. The molecule has 0 bridgehead atoms. The zero-order valence-electron chi connectivity index (χ0n) is 10.7. The number of hydrogen-bond donors (Lipinski definition) is 3. The summed E-state index contributed by atoms with van der Waals surface area (Å²) in [5.74, 6) is 0.667. The van der Waals surface area contributed by atoms with E-state index in [1.165, 1.54) is 5.56 Å². The predicted octanol–water partition coefficient (Wildman–Crippen LogP) is 1.95. The fraction of sp³-hybridized carbons (Fsp3) is 0.286. The van der Waals surface area contributed by atoms with Gasteiger partial charge < -0.3 is 10.6 Å². The number of aryl methyl sites for hydroxylation is 1. The Hall–Kier alpha value is -2.30. The van der Waals surface area contributed by atoms with E-state index in [-0.39, 0.29) is 11.9 Å². The first-order chi connectivity index (χ1) is 9.28. The van der Waals surface area contributed by atoms with Crippen LogP contribution in [0.25, 0.3) is 0 Å². The highest BCUT2D eigenvalue weighted by molar-refractivity contribution is 5.97. The van der Waals surface area contributed by atoms with Crippen molar-refractivity contribution in [1.82, 2.24) is 10.2 Å². The number of H-pyrrole nitrogens is 1. The average molecular weight is 256 g/mol. The van der Waals surface area contributed by atoms with E-state index in [1.807, 2.05) is 31.2 Å². The maximum absolute atomic E-state index is 12.2. The standard InChI is InChI=1S/C14H16N4O/c1-2-9-8-15-18-13(9)17-14(19)12-7-10-5-3-4-6-11(10)16-12/h3-6,8,12,16H,2,7H2,1H3,(H2,15,17,18,19). The van der Waals surface area contributed by atoms with E-state index in [0.29, 0.717) is 5.82 Å². The van der Waals surface area contributed by atoms with Gasteiger partial charge in [-0.1, -0.05) is 25.1 Å². The first-order valence-corrected chi connectivity index (χ1v) is 6.45. The Morgan fingerprint density at radius 3 is 3.11 bits per heavy atom. The van der Waals surface area contributed by atoms with Gasteiger partial charge in [-0.2, -0.15) is 5.10 Å². The second kappa shape index (κ2) is 4.76. The summed E-state index contributed by atoms with van der Waals surface area (Å²) in [5.41, 5.74) is 3.25. The van der Waals surface area contributed by atoms with Crippen molar-refractivity contribution >= 4 is 17.4 Å². The molecule has 98 valence electrons. The van der Waals surface area contributed by atoms with E-state index in [4.69, 9.17) is 0 Å². The molecule has 3 N–H and O–H groups in total. The third-order valence-electron chi connectivity index (χ3n) is 3.43. The number of carbonyl (C=O) groups excluding carboxylic acids is 1. The van der Waals surface area contributed by atoms with Gasteiger partial charge in [-0.25, -0.2) is 0 Å². The number of aromatic nitrogens is 2. The Kier molecular flexibility index (Phi) is 2.95. The molecule has 0 spiro atoms. The normalized spacial score (nSPS) is 16.8. The highest BCUT2D eigenvalue weighted by atomic mass is 16.2. The van der Waals surface area contributed by atoms with E-state index >= 15 is 0 Å². The predicted molar refractivity (Wildman–Crippen MR) is 74.2 cm³/mol. The van der Waals surface area contributed by atoms with Crippen LogP contribution in [0.2, 0.25) is 0 Å². The van der Waals surface area contributed by atoms with E-state index < -0.39 is 0 Å². The van der Waals surface area contributed by atoms with Crippen LogP contribution in [0.4, 0.5) is 11.5 Å². The summed E-state index contributed by atoms with van der Waals surface area (Å²) in [4.78, 5) is 12.2. The van der Waals surface area contributed by atoms with E-state index in [1.54, 1.807) is 6.20 Å². The molecular formula is C14H16N4O. The number of aromatic amines is 1. The minimum Gasteiger partial charge on any atom is -0.373 e. The summed E-state index contributed by atoms with van der Waals surface area (Å²) in [7, 11) is 0. The van der Waals surface area contributed by atoms with Gasteiger partial charge in [0.15, 0.2) is 0 Å². The molecular weight excluding hydrogens is 240 g/mol. The second-order valence-electron chi connectivity index (χ2n) is 4.67. The molecule has 0 saturated carbocycles. The quantitative estimate of drug-likeness (QED) is 0.786. The van der Waals surface area contributed by atoms with Gasteiger partial charge >= 0.3 is 0 Å². The number of carbonyl (C=O) groups is 1. The number of rotatable bonds is 3. The molecule has 0 aliphatic carbocycles. The summed E-state index contributed by atoms with van der Waals surface area (Å²) < 4.78 is 0. The van der Waals surface area contributed by atoms with Crippen molar-refractivity contribution in [2.75, 3.05) is 10.6 Å². The lowest BCUT2D eigenvalue weighted by Gasteiger charge is -2.11. The van der Waals surface area contributed by atoms with Gasteiger partial charge in [0.1, 0.15) is 11.9 Å². The Morgan fingerprint density at radius 2 is 2.32 bits per heavy atom.